The fraction of sp³-hybridized carbons (Fsp3) is 0.0312. The Morgan fingerprint density at radius 2 is 0.879 bits per heavy atom. The van der Waals surface area contributed by atoms with E-state index in [1.54, 1.807) is 0 Å². The van der Waals surface area contributed by atoms with Gasteiger partial charge in [0.1, 0.15) is 0 Å². The van der Waals surface area contributed by atoms with Crippen molar-refractivity contribution in [2.24, 2.45) is 0 Å². The third-order valence-electron chi connectivity index (χ3n) is 6.91. The van der Waals surface area contributed by atoms with E-state index in [-0.39, 0.29) is 0 Å². The van der Waals surface area contributed by atoms with Crippen molar-refractivity contribution < 1.29 is 4.57 Å². The van der Waals surface area contributed by atoms with Crippen LogP contribution in [0.4, 0.5) is 0 Å². The van der Waals surface area contributed by atoms with Crippen LogP contribution < -0.4 is 4.57 Å². The van der Waals surface area contributed by atoms with Crippen molar-refractivity contribution in [3.05, 3.63) is 127 Å². The molecular formula is C32H22N+. The highest BCUT2D eigenvalue weighted by molar-refractivity contribution is 6.10. The number of pyridine rings is 1. The Morgan fingerprint density at radius 1 is 0.424 bits per heavy atom. The minimum absolute atomic E-state index is 0.825. The van der Waals surface area contributed by atoms with Gasteiger partial charge in [0.15, 0.2) is 12.7 Å². The minimum atomic E-state index is 0.825. The quantitative estimate of drug-likeness (QED) is 0.198. The Bertz CT molecular complexity index is 1750. The Hall–Kier alpha value is -4.23. The van der Waals surface area contributed by atoms with Crippen molar-refractivity contribution >= 4 is 54.0 Å². The van der Waals surface area contributed by atoms with Crippen molar-refractivity contribution in [1.82, 2.24) is 0 Å². The highest BCUT2D eigenvalue weighted by Crippen LogP contribution is 2.34. The van der Waals surface area contributed by atoms with Crippen LogP contribution in [0, 0.1) is 0 Å². The van der Waals surface area contributed by atoms with Crippen LogP contribution in [0.2, 0.25) is 0 Å². The molecule has 0 amide bonds. The smallest absolute Gasteiger partial charge is 0.194 e. The van der Waals surface area contributed by atoms with Crippen LogP contribution in [-0.2, 0) is 6.54 Å². The largest absolute Gasteiger partial charge is 0.212 e. The molecule has 0 aliphatic carbocycles. The first-order valence-electron chi connectivity index (χ1n) is 11.5. The summed E-state index contributed by atoms with van der Waals surface area (Å²) in [7, 11) is 0. The molecule has 1 heteroatoms. The number of benzene rings is 6. The van der Waals surface area contributed by atoms with E-state index in [4.69, 9.17) is 0 Å². The average molecular weight is 421 g/mol. The third-order valence-corrected chi connectivity index (χ3v) is 6.91. The predicted octanol–water partition coefficient (Wildman–Crippen LogP) is 7.79. The van der Waals surface area contributed by atoms with Gasteiger partial charge in [-0.1, -0.05) is 60.7 Å². The van der Waals surface area contributed by atoms with Gasteiger partial charge in [-0.2, -0.15) is 4.57 Å². The SMILES string of the molecule is c1ccc2cc3c(C[n+]4cccc5ccccc54)c4cc5ccccc5cc4cc3cc2c1. The van der Waals surface area contributed by atoms with Crippen molar-refractivity contribution in [2.75, 3.05) is 0 Å². The Morgan fingerprint density at radius 3 is 1.48 bits per heavy atom. The number of nitrogens with zero attached hydrogens (tertiary/aromatic N) is 1. The molecule has 0 atom stereocenters. The zero-order chi connectivity index (χ0) is 21.8. The molecule has 0 saturated carbocycles. The number of hydrogen-bond donors (Lipinski definition) is 0. The molecule has 0 unspecified atom stereocenters. The van der Waals surface area contributed by atoms with E-state index >= 15 is 0 Å². The molecule has 0 aliphatic rings. The summed E-state index contributed by atoms with van der Waals surface area (Å²) in [6.07, 6.45) is 2.20. The third kappa shape index (κ3) is 2.97. The number of rotatable bonds is 2. The van der Waals surface area contributed by atoms with Crippen molar-refractivity contribution in [2.45, 2.75) is 6.54 Å². The van der Waals surface area contributed by atoms with Crippen molar-refractivity contribution in [3.8, 4) is 0 Å². The summed E-state index contributed by atoms with van der Waals surface area (Å²) in [6, 6.07) is 42.1. The molecule has 7 aromatic rings. The summed E-state index contributed by atoms with van der Waals surface area (Å²) in [5, 5.41) is 11.7. The van der Waals surface area contributed by atoms with Crippen LogP contribution in [0.15, 0.2) is 121 Å². The summed E-state index contributed by atoms with van der Waals surface area (Å²) < 4.78 is 2.38. The van der Waals surface area contributed by atoms with Gasteiger partial charge in [0.25, 0.3) is 0 Å². The molecule has 0 saturated heterocycles. The summed E-state index contributed by atoms with van der Waals surface area (Å²) in [5.41, 5.74) is 2.63. The van der Waals surface area contributed by atoms with E-state index in [1.807, 2.05) is 0 Å². The van der Waals surface area contributed by atoms with Crippen LogP contribution >= 0.6 is 0 Å². The van der Waals surface area contributed by atoms with Gasteiger partial charge in [0, 0.05) is 23.1 Å². The fourth-order valence-electron chi connectivity index (χ4n) is 5.29. The van der Waals surface area contributed by atoms with Gasteiger partial charge in [-0.15, -0.1) is 0 Å². The zero-order valence-corrected chi connectivity index (χ0v) is 18.2. The van der Waals surface area contributed by atoms with Crippen LogP contribution in [0.3, 0.4) is 0 Å². The van der Waals surface area contributed by atoms with Crippen LogP contribution in [0.5, 0.6) is 0 Å². The number of hydrogen-bond acceptors (Lipinski definition) is 0. The molecule has 0 radical (unpaired) electrons. The molecule has 1 aromatic heterocycles. The Balaban J connectivity index is 1.60. The molecule has 0 aliphatic heterocycles. The molecule has 0 bridgehead atoms. The molecule has 0 N–H and O–H groups in total. The molecule has 6 aromatic carbocycles. The fourth-order valence-corrected chi connectivity index (χ4v) is 5.29. The first-order valence-corrected chi connectivity index (χ1v) is 11.5. The molecule has 1 heterocycles. The number of para-hydroxylation sites is 1. The summed E-state index contributed by atoms with van der Waals surface area (Å²) in [6.45, 7) is 0.825. The van der Waals surface area contributed by atoms with Gasteiger partial charge < -0.3 is 0 Å². The molecule has 1 nitrogen and oxygen atoms in total. The molecule has 154 valence electrons. The summed E-state index contributed by atoms with van der Waals surface area (Å²) >= 11 is 0. The van der Waals surface area contributed by atoms with Crippen molar-refractivity contribution in [3.63, 3.8) is 0 Å². The van der Waals surface area contributed by atoms with E-state index in [1.165, 1.54) is 59.6 Å². The van der Waals surface area contributed by atoms with Crippen LogP contribution in [0.25, 0.3) is 54.0 Å². The van der Waals surface area contributed by atoms with Crippen LogP contribution in [-0.4, -0.2) is 0 Å². The second-order valence-electron chi connectivity index (χ2n) is 8.89. The maximum absolute atomic E-state index is 2.38. The van der Waals surface area contributed by atoms with Gasteiger partial charge in [0.2, 0.25) is 5.52 Å². The Kier molecular flexibility index (Phi) is 3.97. The molecule has 0 spiro atoms. The normalized spacial score (nSPS) is 11.8. The van der Waals surface area contributed by atoms with E-state index in [9.17, 15) is 0 Å². The van der Waals surface area contributed by atoms with E-state index in [0.717, 1.165) is 6.54 Å². The maximum Gasteiger partial charge on any atom is 0.212 e. The topological polar surface area (TPSA) is 3.88 Å². The first-order chi connectivity index (χ1) is 16.3. The molecule has 33 heavy (non-hydrogen) atoms. The number of aromatic nitrogens is 1. The minimum Gasteiger partial charge on any atom is -0.194 e. The Labute approximate surface area is 192 Å². The lowest BCUT2D eigenvalue weighted by atomic mass is 9.92. The monoisotopic (exact) mass is 420 g/mol. The maximum atomic E-state index is 2.38. The zero-order valence-electron chi connectivity index (χ0n) is 18.2. The lowest BCUT2D eigenvalue weighted by molar-refractivity contribution is -0.662. The van der Waals surface area contributed by atoms with E-state index in [2.05, 4.69) is 126 Å². The summed E-state index contributed by atoms with van der Waals surface area (Å²) in [5.74, 6) is 0. The predicted molar refractivity (Wildman–Crippen MR) is 140 cm³/mol. The van der Waals surface area contributed by atoms with Gasteiger partial charge in [-0.25, -0.2) is 0 Å². The van der Waals surface area contributed by atoms with Gasteiger partial charge >= 0.3 is 0 Å². The van der Waals surface area contributed by atoms with E-state index in [0.29, 0.717) is 0 Å². The average Bonchev–Trinajstić information content (AvgIpc) is 2.86. The van der Waals surface area contributed by atoms with E-state index < -0.39 is 0 Å². The lowest BCUT2D eigenvalue weighted by Gasteiger charge is -2.13. The summed E-state index contributed by atoms with van der Waals surface area (Å²) in [4.78, 5) is 0. The highest BCUT2D eigenvalue weighted by atomic mass is 14.9. The number of fused-ring (bicyclic) bond motifs is 5. The first kappa shape index (κ1) is 18.4. The van der Waals surface area contributed by atoms with Gasteiger partial charge in [0.05, 0.1) is 0 Å². The standard InChI is InChI=1S/C32H22N/c1-3-11-25-19-29-27(16-23(25)9-1)18-28-17-24-10-2-4-12-26(24)20-30(28)31(29)21-33-15-7-13-22-8-5-6-14-32(22)33/h1-20H,21H2/q+1. The lowest BCUT2D eigenvalue weighted by Crippen LogP contribution is -2.34. The van der Waals surface area contributed by atoms with Crippen LogP contribution in [0.1, 0.15) is 5.56 Å². The van der Waals surface area contributed by atoms with Gasteiger partial charge in [-0.05, 0) is 85.6 Å². The molecular weight excluding hydrogens is 398 g/mol. The highest BCUT2D eigenvalue weighted by Gasteiger charge is 2.16. The molecule has 7 rings (SSSR count). The van der Waals surface area contributed by atoms with Crippen molar-refractivity contribution in [1.29, 1.82) is 0 Å². The molecule has 0 fully saturated rings. The van der Waals surface area contributed by atoms with Gasteiger partial charge in [-0.3, -0.25) is 0 Å². The second-order valence-corrected chi connectivity index (χ2v) is 8.89. The second kappa shape index (κ2) is 7.15.